The van der Waals surface area contributed by atoms with E-state index in [1.807, 2.05) is 0 Å². The van der Waals surface area contributed by atoms with Crippen LogP contribution in [0.4, 0.5) is 0 Å². The quantitative estimate of drug-likeness (QED) is 0.677. The molecule has 1 heteroatoms. The van der Waals surface area contributed by atoms with Crippen molar-refractivity contribution in [1.82, 2.24) is 0 Å². The van der Waals surface area contributed by atoms with E-state index >= 15 is 0 Å². The number of benzene rings is 1. The summed E-state index contributed by atoms with van der Waals surface area (Å²) in [4.78, 5) is 0. The molecule has 0 bridgehead atoms. The smallest absolute Gasteiger partial charge is 0.00428 e. The average molecular weight is 147 g/mol. The largest absolute Gasteiger partial charge is 0.330 e. The van der Waals surface area contributed by atoms with Crippen LogP contribution < -0.4 is 5.73 Å². The Balaban J connectivity index is 2.09. The third-order valence-corrected chi connectivity index (χ3v) is 2.45. The molecule has 1 aromatic carbocycles. The predicted molar refractivity (Wildman–Crippen MR) is 46.3 cm³/mol. The topological polar surface area (TPSA) is 26.0 Å². The van der Waals surface area contributed by atoms with E-state index in [1.54, 1.807) is 0 Å². The Morgan fingerprint density at radius 3 is 2.55 bits per heavy atom. The average Bonchev–Trinajstić information content (AvgIpc) is 2.85. The van der Waals surface area contributed by atoms with Crippen LogP contribution in [0.15, 0.2) is 30.3 Å². The van der Waals surface area contributed by atoms with Crippen LogP contribution in [-0.2, 0) is 0 Å². The van der Waals surface area contributed by atoms with Gasteiger partial charge in [0.1, 0.15) is 0 Å². The van der Waals surface area contributed by atoms with Crippen LogP contribution in [0, 0.1) is 5.92 Å². The van der Waals surface area contributed by atoms with Crippen molar-refractivity contribution < 1.29 is 0 Å². The number of hydrogen-bond donors (Lipinski definition) is 1. The number of hydrogen-bond acceptors (Lipinski definition) is 1. The van der Waals surface area contributed by atoms with Gasteiger partial charge in [0.25, 0.3) is 0 Å². The van der Waals surface area contributed by atoms with E-state index in [9.17, 15) is 0 Å². The lowest BCUT2D eigenvalue weighted by atomic mass is 10.1. The van der Waals surface area contributed by atoms with Crippen molar-refractivity contribution >= 4 is 0 Å². The Hall–Kier alpha value is -0.820. The molecule has 1 saturated carbocycles. The highest BCUT2D eigenvalue weighted by atomic mass is 14.6. The van der Waals surface area contributed by atoms with E-state index in [0.717, 1.165) is 18.4 Å². The third-order valence-electron chi connectivity index (χ3n) is 2.45. The molecular weight excluding hydrogens is 134 g/mol. The molecule has 1 aromatic rings. The minimum absolute atomic E-state index is 0.761. The Kier molecular flexibility index (Phi) is 1.66. The summed E-state index contributed by atoms with van der Waals surface area (Å²) in [6.07, 6.45) is 1.29. The molecule has 2 atom stereocenters. The summed E-state index contributed by atoms with van der Waals surface area (Å²) < 4.78 is 0. The van der Waals surface area contributed by atoms with Crippen LogP contribution in [0.25, 0.3) is 0 Å². The lowest BCUT2D eigenvalue weighted by molar-refractivity contribution is 0.810. The maximum Gasteiger partial charge on any atom is -0.00428 e. The van der Waals surface area contributed by atoms with Gasteiger partial charge in [0.2, 0.25) is 0 Å². The Labute approximate surface area is 67.2 Å². The Bertz CT molecular complexity index is 230. The van der Waals surface area contributed by atoms with E-state index in [4.69, 9.17) is 5.73 Å². The first kappa shape index (κ1) is 6.86. The third kappa shape index (κ3) is 1.29. The minimum Gasteiger partial charge on any atom is -0.330 e. The lowest BCUT2D eigenvalue weighted by Gasteiger charge is -1.96. The molecule has 11 heavy (non-hydrogen) atoms. The van der Waals surface area contributed by atoms with Gasteiger partial charge in [-0.1, -0.05) is 30.3 Å². The van der Waals surface area contributed by atoms with E-state index in [0.29, 0.717) is 0 Å². The van der Waals surface area contributed by atoms with E-state index in [-0.39, 0.29) is 0 Å². The molecular formula is C10H13N. The van der Waals surface area contributed by atoms with Crippen molar-refractivity contribution in [3.05, 3.63) is 35.9 Å². The van der Waals surface area contributed by atoms with Gasteiger partial charge in [0, 0.05) is 0 Å². The molecule has 0 aromatic heterocycles. The second-order valence-corrected chi connectivity index (χ2v) is 3.25. The highest BCUT2D eigenvalue weighted by molar-refractivity contribution is 5.25. The minimum atomic E-state index is 0.761. The first-order valence-corrected chi connectivity index (χ1v) is 4.17. The van der Waals surface area contributed by atoms with Gasteiger partial charge in [0.15, 0.2) is 0 Å². The van der Waals surface area contributed by atoms with E-state index in [2.05, 4.69) is 30.3 Å². The normalized spacial score (nSPS) is 28.5. The zero-order chi connectivity index (χ0) is 7.68. The molecule has 1 aliphatic rings. The van der Waals surface area contributed by atoms with Crippen LogP contribution in [0.2, 0.25) is 0 Å². The molecule has 2 rings (SSSR count). The lowest BCUT2D eigenvalue weighted by Crippen LogP contribution is -2.01. The second-order valence-electron chi connectivity index (χ2n) is 3.25. The Morgan fingerprint density at radius 2 is 2.00 bits per heavy atom. The molecule has 1 fully saturated rings. The number of rotatable bonds is 2. The molecule has 0 radical (unpaired) electrons. The molecule has 1 aliphatic carbocycles. The molecule has 58 valence electrons. The van der Waals surface area contributed by atoms with Gasteiger partial charge in [-0.05, 0) is 30.4 Å². The zero-order valence-electron chi connectivity index (χ0n) is 6.53. The van der Waals surface area contributed by atoms with E-state index < -0.39 is 0 Å². The molecule has 0 saturated heterocycles. The van der Waals surface area contributed by atoms with E-state index in [1.165, 1.54) is 12.0 Å². The van der Waals surface area contributed by atoms with Gasteiger partial charge in [-0.2, -0.15) is 0 Å². The van der Waals surface area contributed by atoms with Gasteiger partial charge in [-0.15, -0.1) is 0 Å². The van der Waals surface area contributed by atoms with Gasteiger partial charge in [-0.3, -0.25) is 0 Å². The van der Waals surface area contributed by atoms with Gasteiger partial charge in [0.05, 0.1) is 0 Å². The summed E-state index contributed by atoms with van der Waals surface area (Å²) in [5, 5.41) is 0. The Morgan fingerprint density at radius 1 is 1.27 bits per heavy atom. The van der Waals surface area contributed by atoms with Crippen molar-refractivity contribution in [1.29, 1.82) is 0 Å². The second kappa shape index (κ2) is 2.67. The van der Waals surface area contributed by atoms with Crippen LogP contribution in [0.5, 0.6) is 0 Å². The zero-order valence-corrected chi connectivity index (χ0v) is 6.53. The van der Waals surface area contributed by atoms with Crippen molar-refractivity contribution in [3.8, 4) is 0 Å². The van der Waals surface area contributed by atoms with Crippen molar-refractivity contribution in [2.75, 3.05) is 6.54 Å². The highest BCUT2D eigenvalue weighted by Crippen LogP contribution is 2.46. The first-order chi connectivity index (χ1) is 5.42. The van der Waals surface area contributed by atoms with Crippen LogP contribution in [-0.4, -0.2) is 6.54 Å². The highest BCUT2D eigenvalue weighted by Gasteiger charge is 2.36. The molecule has 0 aliphatic heterocycles. The first-order valence-electron chi connectivity index (χ1n) is 4.17. The molecule has 0 amide bonds. The molecule has 2 N–H and O–H groups in total. The van der Waals surface area contributed by atoms with Gasteiger partial charge in [-0.25, -0.2) is 0 Å². The summed E-state index contributed by atoms with van der Waals surface area (Å²) in [6.45, 7) is 0.847. The number of nitrogens with two attached hydrogens (primary N) is 1. The predicted octanol–water partition coefficient (Wildman–Crippen LogP) is 1.75. The fourth-order valence-electron chi connectivity index (χ4n) is 1.62. The monoisotopic (exact) mass is 147 g/mol. The van der Waals surface area contributed by atoms with Crippen LogP contribution in [0.1, 0.15) is 17.9 Å². The van der Waals surface area contributed by atoms with Crippen molar-refractivity contribution in [2.24, 2.45) is 11.7 Å². The van der Waals surface area contributed by atoms with Crippen molar-refractivity contribution in [2.45, 2.75) is 12.3 Å². The van der Waals surface area contributed by atoms with Crippen LogP contribution >= 0.6 is 0 Å². The standard InChI is InChI=1S/C10H13N/c11-7-9-6-10(9)8-4-2-1-3-5-8/h1-5,9-10H,6-7,11H2/t9-,10+/m0/s1. The summed E-state index contributed by atoms with van der Waals surface area (Å²) in [6, 6.07) is 10.6. The fraction of sp³-hybridized carbons (Fsp3) is 0.400. The molecule has 0 unspecified atom stereocenters. The molecule has 0 heterocycles. The van der Waals surface area contributed by atoms with Gasteiger partial charge < -0.3 is 5.73 Å². The van der Waals surface area contributed by atoms with Crippen LogP contribution in [0.3, 0.4) is 0 Å². The molecule has 0 spiro atoms. The molecule has 1 nitrogen and oxygen atoms in total. The fourth-order valence-corrected chi connectivity index (χ4v) is 1.62. The maximum atomic E-state index is 5.56. The summed E-state index contributed by atoms with van der Waals surface area (Å²) >= 11 is 0. The summed E-state index contributed by atoms with van der Waals surface area (Å²) in [5.41, 5.74) is 7.02. The SMILES string of the molecule is NC[C@@H]1C[C@@H]1c1ccccc1. The maximum absolute atomic E-state index is 5.56. The summed E-state index contributed by atoms with van der Waals surface area (Å²) in [7, 11) is 0. The van der Waals surface area contributed by atoms with Crippen molar-refractivity contribution in [3.63, 3.8) is 0 Å². The van der Waals surface area contributed by atoms with Gasteiger partial charge >= 0.3 is 0 Å². The summed E-state index contributed by atoms with van der Waals surface area (Å²) in [5.74, 6) is 1.53.